The summed E-state index contributed by atoms with van der Waals surface area (Å²) in [6, 6.07) is 8.15. The third-order valence-electron chi connectivity index (χ3n) is 2.68. The van der Waals surface area contributed by atoms with Crippen molar-refractivity contribution >= 4 is 28.6 Å². The number of aliphatic carboxylic acids is 1. The van der Waals surface area contributed by atoms with Gasteiger partial charge in [-0.3, -0.25) is 4.79 Å². The Kier molecular flexibility index (Phi) is 5.91. The molecule has 0 fully saturated rings. The largest absolute Gasteiger partial charge is 0.480 e. The third-order valence-corrected chi connectivity index (χ3v) is 3.40. The fraction of sp³-hybridized carbons (Fsp3) is 0.462. The molecule has 0 saturated carbocycles. The second-order valence-corrected chi connectivity index (χ2v) is 5.54. The molecule has 2 N–H and O–H groups in total. The van der Waals surface area contributed by atoms with Crippen LogP contribution in [0.2, 0.25) is 0 Å². The Morgan fingerprint density at radius 1 is 1.35 bits per heavy atom. The zero-order valence-corrected chi connectivity index (χ0v) is 12.3. The molecule has 0 bridgehead atoms. The Labute approximate surface area is 116 Å². The number of carboxylic acids is 1. The van der Waals surface area contributed by atoms with Crippen molar-refractivity contribution in [3.05, 3.63) is 33.4 Å². The van der Waals surface area contributed by atoms with Gasteiger partial charge < -0.3 is 10.4 Å². The maximum atomic E-state index is 10.7. The molecule has 1 aromatic rings. The van der Waals surface area contributed by atoms with Gasteiger partial charge in [0.1, 0.15) is 6.04 Å². The molecule has 2 unspecified atom stereocenters. The van der Waals surface area contributed by atoms with Gasteiger partial charge in [-0.15, -0.1) is 0 Å². The first kappa shape index (κ1) is 14.4. The van der Waals surface area contributed by atoms with E-state index in [0.717, 1.165) is 12.8 Å². The second-order valence-electron chi connectivity index (χ2n) is 4.29. The summed E-state index contributed by atoms with van der Waals surface area (Å²) >= 11 is 2.28. The maximum Gasteiger partial charge on any atom is 0.320 e. The lowest BCUT2D eigenvalue weighted by Gasteiger charge is -2.16. The average Bonchev–Trinajstić information content (AvgIpc) is 2.28. The minimum absolute atomic E-state index is 0.209. The van der Waals surface area contributed by atoms with E-state index in [1.54, 1.807) is 6.92 Å². The molecule has 0 amide bonds. The Balaban J connectivity index is 2.35. The molecule has 0 heterocycles. The van der Waals surface area contributed by atoms with Gasteiger partial charge in [0.25, 0.3) is 0 Å². The van der Waals surface area contributed by atoms with Gasteiger partial charge in [0.2, 0.25) is 0 Å². The molecular formula is C13H18INO2. The fourth-order valence-electron chi connectivity index (χ4n) is 1.62. The number of carbonyl (C=O) groups is 1. The van der Waals surface area contributed by atoms with Crippen molar-refractivity contribution in [3.8, 4) is 0 Å². The van der Waals surface area contributed by atoms with Crippen LogP contribution in [0.1, 0.15) is 25.8 Å². The molecule has 1 rings (SSSR count). The highest BCUT2D eigenvalue weighted by atomic mass is 127. The number of rotatable bonds is 6. The molecule has 0 spiro atoms. The molecule has 0 radical (unpaired) electrons. The van der Waals surface area contributed by atoms with Crippen molar-refractivity contribution in [2.45, 2.75) is 38.8 Å². The monoisotopic (exact) mass is 347 g/mol. The topological polar surface area (TPSA) is 49.3 Å². The maximum absolute atomic E-state index is 10.7. The van der Waals surface area contributed by atoms with Crippen molar-refractivity contribution < 1.29 is 9.90 Å². The lowest BCUT2D eigenvalue weighted by molar-refractivity contribution is -0.139. The Hall–Kier alpha value is -0.620. The lowest BCUT2D eigenvalue weighted by Crippen LogP contribution is -2.40. The number of nitrogens with one attached hydrogen (secondary N) is 1. The molecule has 0 aromatic heterocycles. The second kappa shape index (κ2) is 6.96. The van der Waals surface area contributed by atoms with Crippen molar-refractivity contribution in [1.29, 1.82) is 0 Å². The summed E-state index contributed by atoms with van der Waals surface area (Å²) in [5, 5.41) is 11.8. The first-order valence-corrected chi connectivity index (χ1v) is 6.80. The number of carboxylic acid groups (broad SMARTS) is 1. The SMILES string of the molecule is CC(CCc1ccc(I)cc1)NC(C)C(=O)O. The van der Waals surface area contributed by atoms with E-state index in [9.17, 15) is 4.79 Å². The van der Waals surface area contributed by atoms with Gasteiger partial charge in [0.15, 0.2) is 0 Å². The Morgan fingerprint density at radius 2 is 1.94 bits per heavy atom. The molecule has 2 atom stereocenters. The quantitative estimate of drug-likeness (QED) is 0.778. The Bertz CT molecular complexity index is 364. The minimum atomic E-state index is -0.800. The third kappa shape index (κ3) is 5.50. The lowest BCUT2D eigenvalue weighted by atomic mass is 10.1. The van der Waals surface area contributed by atoms with Crippen LogP contribution >= 0.6 is 22.6 Å². The average molecular weight is 347 g/mol. The molecule has 0 aliphatic carbocycles. The predicted molar refractivity (Wildman–Crippen MR) is 77.2 cm³/mol. The van der Waals surface area contributed by atoms with Gasteiger partial charge in [-0.05, 0) is 67.0 Å². The van der Waals surface area contributed by atoms with Crippen LogP contribution in [0.5, 0.6) is 0 Å². The Morgan fingerprint density at radius 3 is 2.47 bits per heavy atom. The van der Waals surface area contributed by atoms with E-state index in [1.165, 1.54) is 9.13 Å². The van der Waals surface area contributed by atoms with E-state index >= 15 is 0 Å². The summed E-state index contributed by atoms with van der Waals surface area (Å²) < 4.78 is 1.23. The highest BCUT2D eigenvalue weighted by Gasteiger charge is 2.13. The smallest absolute Gasteiger partial charge is 0.320 e. The van der Waals surface area contributed by atoms with Gasteiger partial charge in [-0.1, -0.05) is 12.1 Å². The summed E-state index contributed by atoms with van der Waals surface area (Å²) in [6.07, 6.45) is 1.91. The summed E-state index contributed by atoms with van der Waals surface area (Å²) in [5.74, 6) is -0.800. The van der Waals surface area contributed by atoms with Crippen molar-refractivity contribution in [2.75, 3.05) is 0 Å². The molecule has 4 heteroatoms. The number of halogens is 1. The number of hydrogen-bond acceptors (Lipinski definition) is 2. The molecule has 94 valence electrons. The number of aryl methyl sites for hydroxylation is 1. The van der Waals surface area contributed by atoms with Crippen LogP contribution in [-0.2, 0) is 11.2 Å². The van der Waals surface area contributed by atoms with Gasteiger partial charge >= 0.3 is 5.97 Å². The van der Waals surface area contributed by atoms with E-state index in [4.69, 9.17) is 5.11 Å². The van der Waals surface area contributed by atoms with E-state index in [1.807, 2.05) is 6.92 Å². The van der Waals surface area contributed by atoms with Crippen LogP contribution in [0.15, 0.2) is 24.3 Å². The van der Waals surface area contributed by atoms with Crippen LogP contribution < -0.4 is 5.32 Å². The van der Waals surface area contributed by atoms with Crippen molar-refractivity contribution in [1.82, 2.24) is 5.32 Å². The normalized spacial score (nSPS) is 14.3. The van der Waals surface area contributed by atoms with Gasteiger partial charge in [0.05, 0.1) is 0 Å². The molecule has 3 nitrogen and oxygen atoms in total. The number of benzene rings is 1. The standard InChI is InChI=1S/C13H18INO2/c1-9(15-10(2)13(16)17)3-4-11-5-7-12(14)8-6-11/h5-10,15H,3-4H2,1-2H3,(H,16,17). The minimum Gasteiger partial charge on any atom is -0.480 e. The van der Waals surface area contributed by atoms with Crippen molar-refractivity contribution in [2.24, 2.45) is 0 Å². The fourth-order valence-corrected chi connectivity index (χ4v) is 1.98. The molecule has 0 saturated heterocycles. The van der Waals surface area contributed by atoms with Gasteiger partial charge in [-0.25, -0.2) is 0 Å². The zero-order chi connectivity index (χ0) is 12.8. The van der Waals surface area contributed by atoms with E-state index < -0.39 is 12.0 Å². The summed E-state index contributed by atoms with van der Waals surface area (Å²) in [4.78, 5) is 10.7. The van der Waals surface area contributed by atoms with Crippen LogP contribution in [0, 0.1) is 3.57 Å². The molecular weight excluding hydrogens is 329 g/mol. The van der Waals surface area contributed by atoms with Crippen LogP contribution in [-0.4, -0.2) is 23.2 Å². The van der Waals surface area contributed by atoms with Crippen LogP contribution in [0.3, 0.4) is 0 Å². The predicted octanol–water partition coefficient (Wildman–Crippen LogP) is 2.68. The molecule has 0 aliphatic heterocycles. The first-order valence-electron chi connectivity index (χ1n) is 5.72. The van der Waals surface area contributed by atoms with Crippen LogP contribution in [0.4, 0.5) is 0 Å². The highest BCUT2D eigenvalue weighted by Crippen LogP contribution is 2.09. The molecule has 17 heavy (non-hydrogen) atoms. The van der Waals surface area contributed by atoms with E-state index in [-0.39, 0.29) is 6.04 Å². The number of hydrogen-bond donors (Lipinski definition) is 2. The summed E-state index contributed by atoms with van der Waals surface area (Å²) in [6.45, 7) is 3.69. The van der Waals surface area contributed by atoms with Crippen molar-refractivity contribution in [3.63, 3.8) is 0 Å². The van der Waals surface area contributed by atoms with Crippen LogP contribution in [0.25, 0.3) is 0 Å². The van der Waals surface area contributed by atoms with E-state index in [0.29, 0.717) is 0 Å². The van der Waals surface area contributed by atoms with Gasteiger partial charge in [-0.2, -0.15) is 0 Å². The van der Waals surface area contributed by atoms with Gasteiger partial charge in [0, 0.05) is 9.61 Å². The first-order chi connectivity index (χ1) is 7.99. The highest BCUT2D eigenvalue weighted by molar-refractivity contribution is 14.1. The zero-order valence-electron chi connectivity index (χ0n) is 10.1. The molecule has 1 aromatic carbocycles. The molecule has 0 aliphatic rings. The summed E-state index contributed by atoms with van der Waals surface area (Å²) in [7, 11) is 0. The van der Waals surface area contributed by atoms with E-state index in [2.05, 4.69) is 52.2 Å². The summed E-state index contributed by atoms with van der Waals surface area (Å²) in [5.41, 5.74) is 1.29.